The van der Waals surface area contributed by atoms with Crippen molar-refractivity contribution in [1.82, 2.24) is 0 Å². The molecule has 0 fully saturated rings. The van der Waals surface area contributed by atoms with Gasteiger partial charge in [0, 0.05) is 11.3 Å². The van der Waals surface area contributed by atoms with Crippen LogP contribution in [0.3, 0.4) is 0 Å². The predicted octanol–water partition coefficient (Wildman–Crippen LogP) is 8.05. The molecule has 0 heterocycles. The van der Waals surface area contributed by atoms with Gasteiger partial charge in [-0.25, -0.2) is 4.99 Å². The Bertz CT molecular complexity index is 1520. The van der Waals surface area contributed by atoms with Crippen LogP contribution in [0.5, 0.6) is 0 Å². The van der Waals surface area contributed by atoms with Crippen LogP contribution >= 0.6 is 0 Å². The Hall–Kier alpha value is -5.02. The van der Waals surface area contributed by atoms with E-state index in [9.17, 15) is 0 Å². The van der Waals surface area contributed by atoms with Crippen LogP contribution in [0.2, 0.25) is 0 Å². The first-order valence-electron chi connectivity index (χ1n) is 12.2. The lowest BCUT2D eigenvalue weighted by atomic mass is 9.90. The normalized spacial score (nSPS) is 13.4. The molecule has 0 spiro atoms. The molecular weight excluding hydrogens is 450 g/mol. The molecule has 4 aromatic rings. The zero-order chi connectivity index (χ0) is 25.5. The van der Waals surface area contributed by atoms with Crippen LogP contribution < -0.4 is 5.73 Å². The molecule has 3 heteroatoms. The highest BCUT2D eigenvalue weighted by Gasteiger charge is 2.11. The van der Waals surface area contributed by atoms with Crippen LogP contribution in [0.25, 0.3) is 11.6 Å². The van der Waals surface area contributed by atoms with E-state index >= 15 is 0 Å². The Morgan fingerprint density at radius 2 is 1.19 bits per heavy atom. The van der Waals surface area contributed by atoms with Crippen molar-refractivity contribution in [3.05, 3.63) is 167 Å². The van der Waals surface area contributed by atoms with Crippen LogP contribution in [0.15, 0.2) is 150 Å². The van der Waals surface area contributed by atoms with Gasteiger partial charge in [0.05, 0.1) is 17.1 Å². The molecule has 5 rings (SSSR count). The quantitative estimate of drug-likeness (QED) is 0.214. The fourth-order valence-electron chi connectivity index (χ4n) is 4.17. The largest absolute Gasteiger partial charge is 0.399 e. The molecule has 4 aromatic carbocycles. The highest BCUT2D eigenvalue weighted by molar-refractivity contribution is 6.12. The second-order valence-electron chi connectivity index (χ2n) is 8.73. The number of nitrogens with one attached hydrogen (secondary N) is 1. The highest BCUT2D eigenvalue weighted by atomic mass is 14.7. The number of aliphatic imine (C=N–C) groups is 1. The lowest BCUT2D eigenvalue weighted by molar-refractivity contribution is 1.46. The summed E-state index contributed by atoms with van der Waals surface area (Å²) in [5.41, 5.74) is 15.4. The van der Waals surface area contributed by atoms with Crippen molar-refractivity contribution in [3.63, 3.8) is 0 Å². The molecule has 0 radical (unpaired) electrons. The molecule has 1 aliphatic carbocycles. The van der Waals surface area contributed by atoms with Gasteiger partial charge in [-0.1, -0.05) is 103 Å². The van der Waals surface area contributed by atoms with Crippen molar-refractivity contribution in [3.8, 4) is 0 Å². The number of hydrogen-bond acceptors (Lipinski definition) is 3. The maximum absolute atomic E-state index is 7.88. The van der Waals surface area contributed by atoms with Gasteiger partial charge in [-0.05, 0) is 70.3 Å². The number of nitrogens with two attached hydrogens (primary N) is 1. The number of rotatable bonds is 6. The van der Waals surface area contributed by atoms with Crippen LogP contribution in [-0.4, -0.2) is 11.4 Å². The summed E-state index contributed by atoms with van der Waals surface area (Å²) in [6.45, 7) is 0. The summed E-state index contributed by atoms with van der Waals surface area (Å²) in [6, 6.07) is 36.6. The van der Waals surface area contributed by atoms with Gasteiger partial charge in [0.25, 0.3) is 0 Å². The van der Waals surface area contributed by atoms with Gasteiger partial charge in [-0.15, -0.1) is 0 Å². The summed E-state index contributed by atoms with van der Waals surface area (Å²) in [6.07, 6.45) is 11.8. The lowest BCUT2D eigenvalue weighted by Gasteiger charge is -2.14. The van der Waals surface area contributed by atoms with Gasteiger partial charge < -0.3 is 11.1 Å². The SMILES string of the molecule is N=C1C=CC(=C(c2ccc(N)cc2)c2ccc(N=C(C=Cc3ccccc3)c3ccccc3)cc2)C=C1. The van der Waals surface area contributed by atoms with E-state index in [4.69, 9.17) is 16.1 Å². The third-order valence-electron chi connectivity index (χ3n) is 6.08. The van der Waals surface area contributed by atoms with Gasteiger partial charge >= 0.3 is 0 Å². The molecule has 0 unspecified atom stereocenters. The first kappa shape index (κ1) is 23.7. The van der Waals surface area contributed by atoms with Crippen molar-refractivity contribution in [2.45, 2.75) is 0 Å². The molecule has 178 valence electrons. The third kappa shape index (κ3) is 5.98. The Labute approximate surface area is 217 Å². The van der Waals surface area contributed by atoms with Crippen molar-refractivity contribution >= 4 is 34.4 Å². The molecule has 3 nitrogen and oxygen atoms in total. The maximum Gasteiger partial charge on any atom is 0.0709 e. The summed E-state index contributed by atoms with van der Waals surface area (Å²) < 4.78 is 0. The Morgan fingerprint density at radius 1 is 0.622 bits per heavy atom. The minimum Gasteiger partial charge on any atom is -0.399 e. The van der Waals surface area contributed by atoms with Crippen molar-refractivity contribution in [1.29, 1.82) is 5.41 Å². The number of benzene rings is 4. The maximum atomic E-state index is 7.88. The van der Waals surface area contributed by atoms with Crippen LogP contribution in [0.1, 0.15) is 22.3 Å². The molecule has 1 aliphatic rings. The average molecular weight is 478 g/mol. The van der Waals surface area contributed by atoms with Crippen LogP contribution in [0, 0.1) is 5.41 Å². The summed E-state index contributed by atoms with van der Waals surface area (Å²) >= 11 is 0. The van der Waals surface area contributed by atoms with E-state index in [1.54, 1.807) is 0 Å². The van der Waals surface area contributed by atoms with E-state index in [-0.39, 0.29) is 0 Å². The van der Waals surface area contributed by atoms with Gasteiger partial charge in [0.1, 0.15) is 0 Å². The minimum absolute atomic E-state index is 0.488. The average Bonchev–Trinajstić information content (AvgIpc) is 2.95. The number of nitrogen functional groups attached to an aromatic ring is 1. The van der Waals surface area contributed by atoms with Gasteiger partial charge in [0.15, 0.2) is 0 Å². The molecule has 0 aliphatic heterocycles. The van der Waals surface area contributed by atoms with Crippen LogP contribution in [0.4, 0.5) is 11.4 Å². The number of hydrogen-bond donors (Lipinski definition) is 2. The van der Waals surface area contributed by atoms with E-state index in [2.05, 4.69) is 48.6 Å². The van der Waals surface area contributed by atoms with E-state index in [0.717, 1.165) is 50.5 Å². The molecule has 0 bridgehead atoms. The lowest BCUT2D eigenvalue weighted by Crippen LogP contribution is -1.98. The first-order valence-corrected chi connectivity index (χ1v) is 12.2. The van der Waals surface area contributed by atoms with Gasteiger partial charge in [0.2, 0.25) is 0 Å². The Kier molecular flexibility index (Phi) is 7.14. The fourth-order valence-corrected chi connectivity index (χ4v) is 4.17. The second-order valence-corrected chi connectivity index (χ2v) is 8.73. The van der Waals surface area contributed by atoms with E-state index in [0.29, 0.717) is 5.71 Å². The second kappa shape index (κ2) is 11.1. The summed E-state index contributed by atoms with van der Waals surface area (Å²) in [5.74, 6) is 0. The molecule has 0 saturated carbocycles. The topological polar surface area (TPSA) is 62.2 Å². The minimum atomic E-state index is 0.488. The zero-order valence-corrected chi connectivity index (χ0v) is 20.4. The monoisotopic (exact) mass is 477 g/mol. The molecule has 0 aromatic heterocycles. The number of nitrogens with zero attached hydrogens (tertiary/aromatic N) is 1. The Balaban J connectivity index is 1.53. The van der Waals surface area contributed by atoms with Crippen molar-refractivity contribution in [2.24, 2.45) is 4.99 Å². The van der Waals surface area contributed by atoms with E-state index < -0.39 is 0 Å². The molecule has 0 atom stereocenters. The predicted molar refractivity (Wildman–Crippen MR) is 157 cm³/mol. The third-order valence-corrected chi connectivity index (χ3v) is 6.08. The fraction of sp³-hybridized carbons (Fsp3) is 0. The van der Waals surface area contributed by atoms with Crippen LogP contribution in [-0.2, 0) is 0 Å². The smallest absolute Gasteiger partial charge is 0.0709 e. The summed E-state index contributed by atoms with van der Waals surface area (Å²) in [4.78, 5) is 4.99. The Morgan fingerprint density at radius 3 is 1.81 bits per heavy atom. The zero-order valence-electron chi connectivity index (χ0n) is 20.4. The molecular formula is C34H27N3. The molecule has 0 amide bonds. The molecule has 0 saturated heterocycles. The van der Waals surface area contributed by atoms with Gasteiger partial charge in [-0.2, -0.15) is 0 Å². The first-order chi connectivity index (χ1) is 18.2. The van der Waals surface area contributed by atoms with E-state index in [1.807, 2.05) is 97.1 Å². The van der Waals surface area contributed by atoms with Crippen molar-refractivity contribution < 1.29 is 0 Å². The molecule has 3 N–H and O–H groups in total. The summed E-state index contributed by atoms with van der Waals surface area (Å²) in [5, 5.41) is 7.88. The van der Waals surface area contributed by atoms with Gasteiger partial charge in [-0.3, -0.25) is 0 Å². The molecule has 37 heavy (non-hydrogen) atoms. The van der Waals surface area contributed by atoms with E-state index in [1.165, 1.54) is 0 Å². The number of anilines is 1. The number of allylic oxidation sites excluding steroid dienone is 6. The highest BCUT2D eigenvalue weighted by Crippen LogP contribution is 2.31. The van der Waals surface area contributed by atoms with Crippen molar-refractivity contribution in [2.75, 3.05) is 5.73 Å². The summed E-state index contributed by atoms with van der Waals surface area (Å²) in [7, 11) is 0. The standard InChI is InChI=1S/C34H27N3/c35-30-18-12-27(13-19-30)34(28-14-20-31(36)21-15-28)29-16-22-32(23-17-29)37-33(26-9-5-2-6-10-26)24-11-25-7-3-1-4-8-25/h1-24,35H,36H2.